The van der Waals surface area contributed by atoms with Crippen molar-refractivity contribution < 1.29 is 9.90 Å². The van der Waals surface area contributed by atoms with Crippen LogP contribution in [-0.2, 0) is 0 Å². The Kier molecular flexibility index (Phi) is 3.52. The molecule has 2 saturated carbocycles. The minimum absolute atomic E-state index is 0.0276. The highest BCUT2D eigenvalue weighted by Crippen LogP contribution is 2.47. The lowest BCUT2D eigenvalue weighted by atomic mass is 9.89. The van der Waals surface area contributed by atoms with Crippen LogP contribution in [0.3, 0.4) is 0 Å². The van der Waals surface area contributed by atoms with Crippen molar-refractivity contribution in [3.63, 3.8) is 0 Å². The van der Waals surface area contributed by atoms with Gasteiger partial charge in [0.2, 0.25) is 0 Å². The number of carbonyl (C=O) groups is 1. The van der Waals surface area contributed by atoms with E-state index in [9.17, 15) is 9.90 Å². The van der Waals surface area contributed by atoms with E-state index in [0.717, 1.165) is 22.9 Å². The van der Waals surface area contributed by atoms with Gasteiger partial charge < -0.3 is 10.4 Å². The summed E-state index contributed by atoms with van der Waals surface area (Å²) in [5.41, 5.74) is 0.353. The monoisotopic (exact) mass is 323 g/mol. The summed E-state index contributed by atoms with van der Waals surface area (Å²) in [5.74, 6) is 2.20. The summed E-state index contributed by atoms with van der Waals surface area (Å²) >= 11 is 3.27. The summed E-state index contributed by atoms with van der Waals surface area (Å²) in [6.07, 6.45) is 5.32. The number of aromatic hydroxyl groups is 1. The first-order valence-corrected chi connectivity index (χ1v) is 7.69. The molecule has 2 fully saturated rings. The fourth-order valence-electron chi connectivity index (χ4n) is 3.64. The van der Waals surface area contributed by atoms with Crippen LogP contribution in [0.2, 0.25) is 0 Å². The summed E-state index contributed by atoms with van der Waals surface area (Å²) in [7, 11) is 0. The molecule has 4 heteroatoms. The molecule has 2 aliphatic carbocycles. The Morgan fingerprint density at radius 2 is 2.21 bits per heavy atom. The quantitative estimate of drug-likeness (QED) is 0.896. The third-order valence-corrected chi connectivity index (χ3v) is 5.11. The van der Waals surface area contributed by atoms with Gasteiger partial charge in [-0.3, -0.25) is 4.79 Å². The van der Waals surface area contributed by atoms with Crippen LogP contribution in [0.5, 0.6) is 5.75 Å². The van der Waals surface area contributed by atoms with Crippen molar-refractivity contribution in [2.24, 2.45) is 17.8 Å². The van der Waals surface area contributed by atoms with E-state index in [1.165, 1.54) is 25.7 Å². The van der Waals surface area contributed by atoms with Gasteiger partial charge in [0.1, 0.15) is 5.75 Å². The van der Waals surface area contributed by atoms with E-state index >= 15 is 0 Å². The minimum Gasteiger partial charge on any atom is -0.507 e. The van der Waals surface area contributed by atoms with Crippen LogP contribution in [0.4, 0.5) is 0 Å². The van der Waals surface area contributed by atoms with E-state index < -0.39 is 0 Å². The van der Waals surface area contributed by atoms with Crippen LogP contribution in [0.1, 0.15) is 36.0 Å². The summed E-state index contributed by atoms with van der Waals surface area (Å²) < 4.78 is 0.773. The fraction of sp³-hybridized carbons (Fsp3) is 0.533. The average molecular weight is 324 g/mol. The van der Waals surface area contributed by atoms with Gasteiger partial charge >= 0.3 is 0 Å². The maximum atomic E-state index is 12.1. The van der Waals surface area contributed by atoms with Crippen LogP contribution in [0.25, 0.3) is 0 Å². The van der Waals surface area contributed by atoms with Gasteiger partial charge in [0.15, 0.2) is 0 Å². The molecule has 0 heterocycles. The maximum Gasteiger partial charge on any atom is 0.255 e. The number of phenols is 1. The third-order valence-electron chi connectivity index (χ3n) is 4.61. The molecular weight excluding hydrogens is 306 g/mol. The molecular formula is C15H18BrNO2. The number of fused-ring (bicyclic) bond motifs is 2. The number of carbonyl (C=O) groups excluding carboxylic acids is 1. The van der Waals surface area contributed by atoms with Crippen molar-refractivity contribution >= 4 is 21.8 Å². The molecule has 3 unspecified atom stereocenters. The molecule has 0 aliphatic heterocycles. The molecule has 1 aromatic carbocycles. The van der Waals surface area contributed by atoms with Gasteiger partial charge in [0.25, 0.3) is 5.91 Å². The molecule has 0 aromatic heterocycles. The lowest BCUT2D eigenvalue weighted by molar-refractivity contribution is 0.0939. The summed E-state index contributed by atoms with van der Waals surface area (Å²) in [4.78, 5) is 12.1. The number of phenolic OH excluding ortho intramolecular Hbond substituents is 1. The largest absolute Gasteiger partial charge is 0.507 e. The van der Waals surface area contributed by atoms with E-state index in [2.05, 4.69) is 21.2 Å². The Hall–Kier alpha value is -1.03. The van der Waals surface area contributed by atoms with Gasteiger partial charge in [-0.15, -0.1) is 0 Å². The molecule has 0 spiro atoms. The number of amides is 1. The highest BCUT2D eigenvalue weighted by atomic mass is 79.9. The Labute approximate surface area is 121 Å². The summed E-state index contributed by atoms with van der Waals surface area (Å²) in [6, 6.07) is 4.97. The van der Waals surface area contributed by atoms with Crippen LogP contribution >= 0.6 is 15.9 Å². The molecule has 1 amide bonds. The Morgan fingerprint density at radius 3 is 2.84 bits per heavy atom. The van der Waals surface area contributed by atoms with E-state index in [0.29, 0.717) is 11.5 Å². The predicted molar refractivity (Wildman–Crippen MR) is 77.1 cm³/mol. The molecule has 0 saturated heterocycles. The lowest BCUT2D eigenvalue weighted by Crippen LogP contribution is -2.31. The van der Waals surface area contributed by atoms with Crippen molar-refractivity contribution in [1.82, 2.24) is 5.32 Å². The highest BCUT2D eigenvalue weighted by molar-refractivity contribution is 9.10. The standard InChI is InChI=1S/C15H18BrNO2/c16-12-3-4-13(14(18)7-12)15(19)17-8-11-6-9-1-2-10(11)5-9/h3-4,7,9-11,18H,1-2,5-6,8H2,(H,17,19). The summed E-state index contributed by atoms with van der Waals surface area (Å²) in [5, 5.41) is 12.7. The molecule has 2 aliphatic rings. The van der Waals surface area contributed by atoms with Crippen molar-refractivity contribution in [2.45, 2.75) is 25.7 Å². The van der Waals surface area contributed by atoms with Gasteiger partial charge in [0, 0.05) is 11.0 Å². The first-order chi connectivity index (χ1) is 9.13. The maximum absolute atomic E-state index is 12.1. The first-order valence-electron chi connectivity index (χ1n) is 6.90. The van der Waals surface area contributed by atoms with Gasteiger partial charge in [-0.2, -0.15) is 0 Å². The van der Waals surface area contributed by atoms with Crippen molar-refractivity contribution in [2.75, 3.05) is 6.54 Å². The number of nitrogens with one attached hydrogen (secondary N) is 1. The molecule has 3 atom stereocenters. The smallest absolute Gasteiger partial charge is 0.255 e. The molecule has 3 rings (SSSR count). The van der Waals surface area contributed by atoms with Crippen LogP contribution in [-0.4, -0.2) is 17.6 Å². The zero-order valence-corrected chi connectivity index (χ0v) is 12.3. The molecule has 0 radical (unpaired) electrons. The lowest BCUT2D eigenvalue weighted by Gasteiger charge is -2.21. The molecule has 102 valence electrons. The van der Waals surface area contributed by atoms with Crippen molar-refractivity contribution in [3.8, 4) is 5.75 Å². The number of benzene rings is 1. The molecule has 2 bridgehead atoms. The fourth-order valence-corrected chi connectivity index (χ4v) is 3.99. The second-order valence-electron chi connectivity index (χ2n) is 5.81. The zero-order chi connectivity index (χ0) is 13.4. The minimum atomic E-state index is -0.173. The second-order valence-corrected chi connectivity index (χ2v) is 6.72. The number of hydrogen-bond acceptors (Lipinski definition) is 2. The van der Waals surface area contributed by atoms with Gasteiger partial charge in [-0.25, -0.2) is 0 Å². The first kappa shape index (κ1) is 13.0. The predicted octanol–water partition coefficient (Wildman–Crippen LogP) is 3.32. The molecule has 1 aromatic rings. The zero-order valence-electron chi connectivity index (χ0n) is 10.7. The summed E-state index contributed by atoms with van der Waals surface area (Å²) in [6.45, 7) is 0.746. The van der Waals surface area contributed by atoms with Gasteiger partial charge in [-0.1, -0.05) is 22.4 Å². The van der Waals surface area contributed by atoms with Crippen LogP contribution in [0.15, 0.2) is 22.7 Å². The number of rotatable bonds is 3. The SMILES string of the molecule is O=C(NCC1CC2CCC1C2)c1ccc(Br)cc1O. The van der Waals surface area contributed by atoms with Crippen molar-refractivity contribution in [3.05, 3.63) is 28.2 Å². The Bertz CT molecular complexity index is 503. The van der Waals surface area contributed by atoms with Crippen LogP contribution < -0.4 is 5.32 Å². The molecule has 3 nitrogen and oxygen atoms in total. The van der Waals surface area contributed by atoms with Crippen molar-refractivity contribution in [1.29, 1.82) is 0 Å². The van der Waals surface area contributed by atoms with Gasteiger partial charge in [-0.05, 0) is 55.2 Å². The van der Waals surface area contributed by atoms with E-state index in [-0.39, 0.29) is 11.7 Å². The normalized spacial score (nSPS) is 28.6. The topological polar surface area (TPSA) is 49.3 Å². The van der Waals surface area contributed by atoms with E-state index in [4.69, 9.17) is 0 Å². The van der Waals surface area contributed by atoms with E-state index in [1.807, 2.05) is 0 Å². The third kappa shape index (κ3) is 2.64. The number of halogens is 1. The Morgan fingerprint density at radius 1 is 1.37 bits per heavy atom. The average Bonchev–Trinajstić information content (AvgIpc) is 2.98. The van der Waals surface area contributed by atoms with Crippen LogP contribution in [0, 0.1) is 17.8 Å². The van der Waals surface area contributed by atoms with Gasteiger partial charge in [0.05, 0.1) is 5.56 Å². The highest BCUT2D eigenvalue weighted by Gasteiger charge is 2.39. The Balaban J connectivity index is 1.59. The van der Waals surface area contributed by atoms with E-state index in [1.54, 1.807) is 18.2 Å². The molecule has 2 N–H and O–H groups in total. The number of hydrogen-bond donors (Lipinski definition) is 2. The molecule has 19 heavy (non-hydrogen) atoms. The second kappa shape index (κ2) is 5.16.